The molecule has 0 atom stereocenters. The van der Waals surface area contributed by atoms with Crippen molar-refractivity contribution in [2.75, 3.05) is 27.2 Å². The largest absolute Gasteiger partial charge is 0.462 e. The second-order valence-corrected chi connectivity index (χ2v) is 9.88. The summed E-state index contributed by atoms with van der Waals surface area (Å²) in [6.45, 7) is 3.57. The van der Waals surface area contributed by atoms with Gasteiger partial charge < -0.3 is 9.22 Å². The Morgan fingerprint density at radius 3 is 2.29 bits per heavy atom. The van der Waals surface area contributed by atoms with Gasteiger partial charge in [0.05, 0.1) is 32.0 Å². The molecule has 5 nitrogen and oxygen atoms in total. The average molecular weight is 481 g/mol. The fraction of sp³-hybridized carbons (Fsp3) is 0.448. The summed E-state index contributed by atoms with van der Waals surface area (Å²) < 4.78 is 21.3. The van der Waals surface area contributed by atoms with E-state index in [4.69, 9.17) is 9.84 Å². The number of carbonyl (C=O) groups is 1. The molecule has 0 spiro atoms. The second kappa shape index (κ2) is 13.2. The summed E-state index contributed by atoms with van der Waals surface area (Å²) in [5.41, 5.74) is 3.57. The third kappa shape index (κ3) is 8.62. The SMILES string of the molecule is CCCCCCCCCOC(=O)C[N+](C)(C)Cc1cn(-c2ccccc2)nc1-c1ccc(F)cc1. The Bertz CT molecular complexity index is 1050. The van der Waals surface area contributed by atoms with Crippen LogP contribution in [-0.4, -0.2) is 47.5 Å². The van der Waals surface area contributed by atoms with Crippen LogP contribution >= 0.6 is 0 Å². The van der Waals surface area contributed by atoms with Gasteiger partial charge in [-0.25, -0.2) is 13.9 Å². The van der Waals surface area contributed by atoms with Gasteiger partial charge in [0, 0.05) is 11.8 Å². The van der Waals surface area contributed by atoms with E-state index in [1.54, 1.807) is 12.1 Å². The number of ether oxygens (including phenoxy) is 1. The van der Waals surface area contributed by atoms with E-state index in [2.05, 4.69) is 6.92 Å². The third-order valence-corrected chi connectivity index (χ3v) is 6.09. The van der Waals surface area contributed by atoms with Crippen molar-refractivity contribution in [1.82, 2.24) is 9.78 Å². The zero-order valence-electron chi connectivity index (χ0n) is 21.4. The summed E-state index contributed by atoms with van der Waals surface area (Å²) in [6, 6.07) is 16.3. The van der Waals surface area contributed by atoms with Crippen LogP contribution in [0.25, 0.3) is 16.9 Å². The quantitative estimate of drug-likeness (QED) is 0.149. The molecule has 1 heterocycles. The first-order valence-corrected chi connectivity index (χ1v) is 12.8. The number of aromatic nitrogens is 2. The van der Waals surface area contributed by atoms with Gasteiger partial charge in [0.2, 0.25) is 0 Å². The molecular weight excluding hydrogens is 441 g/mol. The van der Waals surface area contributed by atoms with Gasteiger partial charge in [-0.1, -0.05) is 63.6 Å². The van der Waals surface area contributed by atoms with Crippen LogP contribution in [0, 0.1) is 5.82 Å². The summed E-state index contributed by atoms with van der Waals surface area (Å²) in [5.74, 6) is -0.461. The number of likely N-dealkylation sites (N-methyl/N-ethyl adjacent to an activating group) is 1. The molecule has 0 aliphatic carbocycles. The Morgan fingerprint density at radius 2 is 1.60 bits per heavy atom. The summed E-state index contributed by atoms with van der Waals surface area (Å²) in [6.07, 6.45) is 10.3. The predicted octanol–water partition coefficient (Wildman–Crippen LogP) is 6.55. The highest BCUT2D eigenvalue weighted by atomic mass is 19.1. The van der Waals surface area contributed by atoms with Gasteiger partial charge in [0.1, 0.15) is 18.1 Å². The first-order chi connectivity index (χ1) is 16.9. The van der Waals surface area contributed by atoms with Crippen LogP contribution in [0.2, 0.25) is 0 Å². The summed E-state index contributed by atoms with van der Waals surface area (Å²) in [7, 11) is 4.03. The maximum atomic E-state index is 13.5. The predicted molar refractivity (Wildman–Crippen MR) is 139 cm³/mol. The molecular formula is C29H39FN3O2+. The minimum atomic E-state index is -0.280. The van der Waals surface area contributed by atoms with Crippen molar-refractivity contribution in [3.8, 4) is 16.9 Å². The van der Waals surface area contributed by atoms with Gasteiger partial charge >= 0.3 is 5.97 Å². The number of hydrogen-bond acceptors (Lipinski definition) is 3. The van der Waals surface area contributed by atoms with Crippen LogP contribution in [0.5, 0.6) is 0 Å². The van der Waals surface area contributed by atoms with Crippen LogP contribution in [0.1, 0.15) is 57.4 Å². The maximum absolute atomic E-state index is 13.5. The molecule has 0 radical (unpaired) electrons. The molecule has 0 saturated carbocycles. The zero-order valence-corrected chi connectivity index (χ0v) is 21.4. The maximum Gasteiger partial charge on any atom is 0.361 e. The molecule has 0 amide bonds. The van der Waals surface area contributed by atoms with Crippen molar-refractivity contribution in [3.05, 3.63) is 72.2 Å². The number of carbonyl (C=O) groups excluding carboxylic acids is 1. The van der Waals surface area contributed by atoms with E-state index >= 15 is 0 Å². The van der Waals surface area contributed by atoms with E-state index in [0.717, 1.165) is 35.3 Å². The molecule has 0 fully saturated rings. The van der Waals surface area contributed by atoms with E-state index in [9.17, 15) is 9.18 Å². The van der Waals surface area contributed by atoms with Crippen LogP contribution in [0.15, 0.2) is 60.8 Å². The number of halogens is 1. The van der Waals surface area contributed by atoms with Crippen molar-refractivity contribution in [2.45, 2.75) is 58.4 Å². The lowest BCUT2D eigenvalue weighted by Gasteiger charge is -2.28. The lowest BCUT2D eigenvalue weighted by atomic mass is 10.1. The minimum Gasteiger partial charge on any atom is -0.462 e. The number of quaternary nitrogens is 1. The number of nitrogens with zero attached hydrogens (tertiary/aromatic N) is 3. The van der Waals surface area contributed by atoms with Crippen molar-refractivity contribution < 1.29 is 18.4 Å². The molecule has 0 aliphatic heterocycles. The lowest BCUT2D eigenvalue weighted by Crippen LogP contribution is -2.43. The highest BCUT2D eigenvalue weighted by Gasteiger charge is 2.25. The van der Waals surface area contributed by atoms with Gasteiger partial charge in [-0.15, -0.1) is 0 Å². The topological polar surface area (TPSA) is 44.1 Å². The van der Waals surface area contributed by atoms with E-state index in [-0.39, 0.29) is 18.3 Å². The molecule has 0 saturated heterocycles. The first kappa shape index (κ1) is 26.6. The lowest BCUT2D eigenvalue weighted by molar-refractivity contribution is -0.896. The molecule has 188 valence electrons. The monoisotopic (exact) mass is 480 g/mol. The second-order valence-electron chi connectivity index (χ2n) is 9.88. The van der Waals surface area contributed by atoms with Crippen LogP contribution in [0.4, 0.5) is 4.39 Å². The number of esters is 1. The van der Waals surface area contributed by atoms with Gasteiger partial charge in [-0.2, -0.15) is 5.10 Å². The molecule has 2 aromatic carbocycles. The minimum absolute atomic E-state index is 0.181. The Morgan fingerprint density at radius 1 is 0.943 bits per heavy atom. The normalized spacial score (nSPS) is 11.5. The van der Waals surface area contributed by atoms with E-state index in [1.807, 2.05) is 55.3 Å². The zero-order chi connectivity index (χ0) is 25.1. The number of unbranched alkanes of at least 4 members (excludes halogenated alkanes) is 6. The molecule has 0 bridgehead atoms. The highest BCUT2D eigenvalue weighted by Crippen LogP contribution is 2.26. The van der Waals surface area contributed by atoms with Crippen molar-refractivity contribution in [1.29, 1.82) is 0 Å². The molecule has 0 N–H and O–H groups in total. The van der Waals surface area contributed by atoms with E-state index in [0.29, 0.717) is 17.6 Å². The standard InChI is InChI=1S/C29H39FN3O2/c1-4-5-6-7-8-9-13-20-35-28(34)23-33(2,3)22-25-21-32(27-14-11-10-12-15-27)31-29(25)24-16-18-26(30)19-17-24/h10-12,14-19,21H,4-9,13,20,22-23H2,1-3H3/q+1. The number of para-hydroxylation sites is 1. The number of hydrogen-bond donors (Lipinski definition) is 0. The fourth-order valence-corrected chi connectivity index (χ4v) is 4.25. The molecule has 0 aliphatic rings. The van der Waals surface area contributed by atoms with Gasteiger partial charge in [-0.05, 0) is 42.8 Å². The molecule has 3 aromatic rings. The summed E-state index contributed by atoms with van der Waals surface area (Å²) in [4.78, 5) is 12.5. The molecule has 3 rings (SSSR count). The molecule has 1 aromatic heterocycles. The Hall–Kier alpha value is -2.99. The van der Waals surface area contributed by atoms with E-state index in [1.165, 1.54) is 44.2 Å². The van der Waals surface area contributed by atoms with Gasteiger partial charge in [0.15, 0.2) is 6.54 Å². The van der Waals surface area contributed by atoms with Crippen LogP contribution in [0.3, 0.4) is 0 Å². The van der Waals surface area contributed by atoms with Gasteiger partial charge in [0.25, 0.3) is 0 Å². The Balaban J connectivity index is 1.62. The number of rotatable bonds is 14. The highest BCUT2D eigenvalue weighted by molar-refractivity contribution is 5.70. The smallest absolute Gasteiger partial charge is 0.361 e. The van der Waals surface area contributed by atoms with E-state index < -0.39 is 0 Å². The summed E-state index contributed by atoms with van der Waals surface area (Å²) in [5, 5.41) is 4.81. The molecule has 6 heteroatoms. The van der Waals surface area contributed by atoms with Crippen molar-refractivity contribution in [3.63, 3.8) is 0 Å². The molecule has 35 heavy (non-hydrogen) atoms. The van der Waals surface area contributed by atoms with Crippen LogP contribution in [-0.2, 0) is 16.1 Å². The van der Waals surface area contributed by atoms with Crippen LogP contribution < -0.4 is 0 Å². The van der Waals surface area contributed by atoms with Crippen molar-refractivity contribution >= 4 is 5.97 Å². The summed E-state index contributed by atoms with van der Waals surface area (Å²) >= 11 is 0. The Kier molecular flexibility index (Phi) is 10.0. The number of benzene rings is 2. The Labute approximate surface area is 209 Å². The average Bonchev–Trinajstić information content (AvgIpc) is 3.24. The molecule has 0 unspecified atom stereocenters. The third-order valence-electron chi connectivity index (χ3n) is 6.09. The van der Waals surface area contributed by atoms with Crippen molar-refractivity contribution in [2.24, 2.45) is 0 Å². The van der Waals surface area contributed by atoms with Gasteiger partial charge in [-0.3, -0.25) is 0 Å². The first-order valence-electron chi connectivity index (χ1n) is 12.8. The fourth-order valence-electron chi connectivity index (χ4n) is 4.25.